The van der Waals surface area contributed by atoms with E-state index in [1.54, 1.807) is 6.08 Å². The highest BCUT2D eigenvalue weighted by Crippen LogP contribution is 2.22. The van der Waals surface area contributed by atoms with Gasteiger partial charge in [0.05, 0.1) is 6.04 Å². The van der Waals surface area contributed by atoms with Gasteiger partial charge in [-0.25, -0.2) is 8.42 Å². The summed E-state index contributed by atoms with van der Waals surface area (Å²) in [6.07, 6.45) is 7.90. The van der Waals surface area contributed by atoms with Crippen LogP contribution in [0.3, 0.4) is 0 Å². The Kier molecular flexibility index (Phi) is 7.86. The van der Waals surface area contributed by atoms with Crippen LogP contribution in [0.4, 0.5) is 0 Å². The first-order valence-corrected chi connectivity index (χ1v) is 12.2. The maximum Gasteiger partial charge on any atom is 0.237 e. The summed E-state index contributed by atoms with van der Waals surface area (Å²) in [4.78, 5) is 14.6. The van der Waals surface area contributed by atoms with E-state index in [1.807, 2.05) is 37.3 Å². The molecule has 1 atom stereocenters. The first kappa shape index (κ1) is 22.0. The maximum atomic E-state index is 12.6. The number of carbonyl (C=O) groups is 1. The molecule has 1 amide bonds. The third-order valence-electron chi connectivity index (χ3n) is 6.08. The quantitative estimate of drug-likeness (QED) is 0.738. The third kappa shape index (κ3) is 6.39. The Balaban J connectivity index is 1.46. The van der Waals surface area contributed by atoms with Crippen molar-refractivity contribution in [2.24, 2.45) is 5.92 Å². The molecule has 1 saturated carbocycles. The summed E-state index contributed by atoms with van der Waals surface area (Å²) in [6.45, 7) is 4.62. The molecule has 0 aromatic heterocycles. The topological polar surface area (TPSA) is 69.7 Å². The number of amides is 1. The molecule has 1 aliphatic carbocycles. The number of benzene rings is 1. The Morgan fingerprint density at radius 3 is 2.41 bits per heavy atom. The van der Waals surface area contributed by atoms with Crippen LogP contribution in [0.5, 0.6) is 0 Å². The summed E-state index contributed by atoms with van der Waals surface area (Å²) < 4.78 is 26.7. The minimum atomic E-state index is -3.45. The Morgan fingerprint density at radius 2 is 1.76 bits per heavy atom. The Bertz CT molecular complexity index is 781. The molecule has 1 aromatic carbocycles. The van der Waals surface area contributed by atoms with E-state index >= 15 is 0 Å². The number of piperazine rings is 1. The zero-order chi connectivity index (χ0) is 20.7. The molecule has 160 valence electrons. The second-order valence-corrected chi connectivity index (χ2v) is 9.94. The van der Waals surface area contributed by atoms with Gasteiger partial charge in [-0.05, 0) is 37.3 Å². The molecule has 1 N–H and O–H groups in total. The Hall–Kier alpha value is -1.70. The molecule has 1 saturated heterocycles. The molecule has 2 aliphatic rings. The number of hydrogen-bond donors (Lipinski definition) is 1. The van der Waals surface area contributed by atoms with Gasteiger partial charge in [0.15, 0.2) is 0 Å². The highest BCUT2D eigenvalue weighted by molar-refractivity contribution is 7.92. The van der Waals surface area contributed by atoms with Crippen molar-refractivity contribution in [2.45, 2.75) is 45.1 Å². The van der Waals surface area contributed by atoms with Gasteiger partial charge < -0.3 is 5.32 Å². The lowest BCUT2D eigenvalue weighted by atomic mass is 9.89. The van der Waals surface area contributed by atoms with Crippen LogP contribution >= 0.6 is 0 Å². The van der Waals surface area contributed by atoms with Gasteiger partial charge in [-0.1, -0.05) is 49.6 Å². The van der Waals surface area contributed by atoms with Crippen LogP contribution in [0.25, 0.3) is 6.08 Å². The molecule has 1 aromatic rings. The number of nitrogens with one attached hydrogen (secondary N) is 1. The van der Waals surface area contributed by atoms with E-state index < -0.39 is 10.0 Å². The van der Waals surface area contributed by atoms with Gasteiger partial charge in [0, 0.05) is 38.1 Å². The van der Waals surface area contributed by atoms with E-state index in [0.717, 1.165) is 12.1 Å². The van der Waals surface area contributed by atoms with Crippen LogP contribution in [-0.4, -0.2) is 62.3 Å². The van der Waals surface area contributed by atoms with Crippen LogP contribution in [0.15, 0.2) is 35.7 Å². The molecule has 7 heteroatoms. The predicted octanol–water partition coefficient (Wildman–Crippen LogP) is 2.69. The number of rotatable bonds is 7. The summed E-state index contributed by atoms with van der Waals surface area (Å²) in [5.74, 6) is 0.661. The standard InChI is InChI=1S/C22H33N3O3S/c1-19(22(26)23-18-21-10-6-3-7-11-21)24-13-15-25(16-14-24)29(27,28)17-12-20-8-4-2-5-9-20/h2,4-5,8-9,12,17,19,21H,3,6-7,10-11,13-16,18H2,1H3,(H,23,26)/b17-12+/t19-/m0/s1. The molecule has 0 bridgehead atoms. The molecule has 6 nitrogen and oxygen atoms in total. The summed E-state index contributed by atoms with van der Waals surface area (Å²) in [5.41, 5.74) is 0.859. The fraction of sp³-hybridized carbons (Fsp3) is 0.591. The van der Waals surface area contributed by atoms with Gasteiger partial charge in [0.2, 0.25) is 15.9 Å². The molecule has 2 fully saturated rings. The molecule has 1 aliphatic heterocycles. The zero-order valence-corrected chi connectivity index (χ0v) is 18.1. The normalized spacial score (nSPS) is 21.3. The van der Waals surface area contributed by atoms with Crippen molar-refractivity contribution in [3.05, 3.63) is 41.3 Å². The van der Waals surface area contributed by atoms with Crippen molar-refractivity contribution in [3.63, 3.8) is 0 Å². The summed E-state index contributed by atoms with van der Waals surface area (Å²) in [7, 11) is -3.45. The molecular formula is C22H33N3O3S. The number of hydrogen-bond acceptors (Lipinski definition) is 4. The lowest BCUT2D eigenvalue weighted by Crippen LogP contribution is -2.54. The first-order valence-electron chi connectivity index (χ1n) is 10.7. The molecule has 0 spiro atoms. The van der Waals surface area contributed by atoms with Crippen molar-refractivity contribution in [1.29, 1.82) is 0 Å². The van der Waals surface area contributed by atoms with Crippen molar-refractivity contribution < 1.29 is 13.2 Å². The minimum Gasteiger partial charge on any atom is -0.354 e. The molecule has 29 heavy (non-hydrogen) atoms. The lowest BCUT2D eigenvalue weighted by Gasteiger charge is -2.36. The van der Waals surface area contributed by atoms with Crippen LogP contribution in [-0.2, 0) is 14.8 Å². The van der Waals surface area contributed by atoms with Crippen LogP contribution in [0.2, 0.25) is 0 Å². The second-order valence-electron chi connectivity index (χ2n) is 8.12. The van der Waals surface area contributed by atoms with Crippen LogP contribution in [0, 0.1) is 5.92 Å². The van der Waals surface area contributed by atoms with E-state index in [9.17, 15) is 13.2 Å². The summed E-state index contributed by atoms with van der Waals surface area (Å²) in [5, 5.41) is 4.38. The Labute approximate surface area is 175 Å². The highest BCUT2D eigenvalue weighted by atomic mass is 32.2. The van der Waals surface area contributed by atoms with Gasteiger partial charge in [-0.3, -0.25) is 9.69 Å². The van der Waals surface area contributed by atoms with Gasteiger partial charge >= 0.3 is 0 Å². The van der Waals surface area contributed by atoms with E-state index in [4.69, 9.17) is 0 Å². The SMILES string of the molecule is C[C@@H](C(=O)NCC1CCCCC1)N1CCN(S(=O)(=O)/C=C/c2ccccc2)CC1. The molecule has 0 unspecified atom stereocenters. The molecule has 3 rings (SSSR count). The number of carbonyl (C=O) groups excluding carboxylic acids is 1. The van der Waals surface area contributed by atoms with E-state index in [2.05, 4.69) is 10.2 Å². The lowest BCUT2D eigenvalue weighted by molar-refractivity contribution is -0.126. The van der Waals surface area contributed by atoms with E-state index in [-0.39, 0.29) is 11.9 Å². The molecule has 0 radical (unpaired) electrons. The first-order chi connectivity index (χ1) is 14.0. The van der Waals surface area contributed by atoms with Gasteiger partial charge in [-0.15, -0.1) is 0 Å². The average Bonchev–Trinajstić information content (AvgIpc) is 2.77. The smallest absolute Gasteiger partial charge is 0.237 e. The molecular weight excluding hydrogens is 386 g/mol. The van der Waals surface area contributed by atoms with Crippen LogP contribution < -0.4 is 5.32 Å². The zero-order valence-electron chi connectivity index (χ0n) is 17.3. The maximum absolute atomic E-state index is 12.6. The van der Waals surface area contributed by atoms with Gasteiger partial charge in [-0.2, -0.15) is 4.31 Å². The van der Waals surface area contributed by atoms with E-state index in [1.165, 1.54) is 41.8 Å². The van der Waals surface area contributed by atoms with Crippen molar-refractivity contribution in [3.8, 4) is 0 Å². The average molecular weight is 420 g/mol. The summed E-state index contributed by atoms with van der Waals surface area (Å²) >= 11 is 0. The minimum absolute atomic E-state index is 0.0517. The highest BCUT2D eigenvalue weighted by Gasteiger charge is 2.30. The fourth-order valence-corrected chi connectivity index (χ4v) is 5.28. The third-order valence-corrected chi connectivity index (χ3v) is 7.65. The number of sulfonamides is 1. The Morgan fingerprint density at radius 1 is 1.10 bits per heavy atom. The van der Waals surface area contributed by atoms with Crippen molar-refractivity contribution in [2.75, 3.05) is 32.7 Å². The monoisotopic (exact) mass is 419 g/mol. The van der Waals surface area contributed by atoms with Gasteiger partial charge in [0.1, 0.15) is 0 Å². The second kappa shape index (κ2) is 10.4. The van der Waals surface area contributed by atoms with Crippen LogP contribution in [0.1, 0.15) is 44.6 Å². The fourth-order valence-electron chi connectivity index (χ4n) is 4.11. The van der Waals surface area contributed by atoms with Crippen molar-refractivity contribution in [1.82, 2.24) is 14.5 Å². The number of nitrogens with zero attached hydrogens (tertiary/aromatic N) is 2. The molecule has 1 heterocycles. The van der Waals surface area contributed by atoms with Gasteiger partial charge in [0.25, 0.3) is 0 Å². The predicted molar refractivity (Wildman–Crippen MR) is 117 cm³/mol. The van der Waals surface area contributed by atoms with Crippen molar-refractivity contribution >= 4 is 22.0 Å². The summed E-state index contributed by atoms with van der Waals surface area (Å²) in [6, 6.07) is 9.17. The largest absolute Gasteiger partial charge is 0.354 e. The van der Waals surface area contributed by atoms with E-state index in [0.29, 0.717) is 32.1 Å².